The van der Waals surface area contributed by atoms with Crippen LogP contribution in [0.2, 0.25) is 5.02 Å². The number of aryl methyl sites for hydroxylation is 1. The Bertz CT molecular complexity index is 377. The van der Waals surface area contributed by atoms with Crippen molar-refractivity contribution in [3.8, 4) is 0 Å². The van der Waals surface area contributed by atoms with Crippen LogP contribution >= 0.6 is 11.6 Å². The molecule has 2 N–H and O–H groups in total. The Morgan fingerprint density at radius 2 is 2.22 bits per heavy atom. The molecule has 1 rings (SSSR count). The van der Waals surface area contributed by atoms with Gasteiger partial charge in [-0.05, 0) is 31.7 Å². The van der Waals surface area contributed by atoms with Gasteiger partial charge in [0.2, 0.25) is 0 Å². The topological polar surface area (TPSA) is 54.3 Å². The summed E-state index contributed by atoms with van der Waals surface area (Å²) >= 11 is 5.92. The highest BCUT2D eigenvalue weighted by Gasteiger charge is 2.11. The number of nitrogens with one attached hydrogen (secondary N) is 1. The lowest BCUT2D eigenvalue weighted by Crippen LogP contribution is -2.26. The minimum absolute atomic E-state index is 0.0839. The van der Waals surface area contributed by atoms with E-state index in [2.05, 4.69) is 12.2 Å². The van der Waals surface area contributed by atoms with Crippen molar-refractivity contribution < 1.29 is 9.90 Å². The minimum atomic E-state index is -0.0839. The smallest absolute Gasteiger partial charge is 0.267 e. The summed E-state index contributed by atoms with van der Waals surface area (Å²) < 4.78 is 1.88. The molecule has 0 aliphatic carbocycles. The minimum Gasteiger partial charge on any atom is -0.396 e. The van der Waals surface area contributed by atoms with E-state index in [0.717, 1.165) is 32.2 Å². The molecule has 102 valence electrons. The summed E-state index contributed by atoms with van der Waals surface area (Å²) in [5, 5.41) is 12.1. The van der Waals surface area contributed by atoms with Crippen molar-refractivity contribution in [3.05, 3.63) is 23.0 Å². The van der Waals surface area contributed by atoms with Gasteiger partial charge in [0.15, 0.2) is 0 Å². The predicted octanol–water partition coefficient (Wildman–Crippen LogP) is 2.44. The average molecular weight is 273 g/mol. The number of hydrogen-bond donors (Lipinski definition) is 2. The molecule has 1 aromatic heterocycles. The van der Waals surface area contributed by atoms with Gasteiger partial charge in [-0.3, -0.25) is 4.79 Å². The van der Waals surface area contributed by atoms with E-state index < -0.39 is 0 Å². The highest BCUT2D eigenvalue weighted by Crippen LogP contribution is 2.14. The molecule has 1 heterocycles. The molecule has 0 spiro atoms. The van der Waals surface area contributed by atoms with Gasteiger partial charge in [0.05, 0.1) is 5.02 Å². The lowest BCUT2D eigenvalue weighted by molar-refractivity contribution is 0.0943. The van der Waals surface area contributed by atoms with Crippen LogP contribution in [0.1, 0.15) is 43.1 Å². The van der Waals surface area contributed by atoms with Gasteiger partial charge in [0, 0.05) is 25.9 Å². The first kappa shape index (κ1) is 15.1. The third kappa shape index (κ3) is 4.70. The predicted molar refractivity (Wildman–Crippen MR) is 73.0 cm³/mol. The normalized spacial score (nSPS) is 10.6. The standard InChI is InChI=1S/C13H21ClN2O2/c1-2-7-16-10-11(14)9-12(16)13(18)15-6-4-3-5-8-17/h9-10,17H,2-8H2,1H3,(H,15,18). The van der Waals surface area contributed by atoms with Crippen molar-refractivity contribution in [2.75, 3.05) is 13.2 Å². The zero-order chi connectivity index (χ0) is 13.4. The molecule has 4 nitrogen and oxygen atoms in total. The van der Waals surface area contributed by atoms with Gasteiger partial charge in [-0.15, -0.1) is 0 Å². The Morgan fingerprint density at radius 1 is 1.44 bits per heavy atom. The van der Waals surface area contributed by atoms with E-state index in [1.807, 2.05) is 4.57 Å². The molecule has 5 heteroatoms. The number of nitrogens with zero attached hydrogens (tertiary/aromatic N) is 1. The summed E-state index contributed by atoms with van der Waals surface area (Å²) in [6.07, 6.45) is 5.34. The molecule has 0 aliphatic rings. The molecule has 0 fully saturated rings. The lowest BCUT2D eigenvalue weighted by atomic mass is 10.2. The summed E-state index contributed by atoms with van der Waals surface area (Å²) in [5.74, 6) is -0.0839. The van der Waals surface area contributed by atoms with Crippen LogP contribution in [-0.4, -0.2) is 28.7 Å². The van der Waals surface area contributed by atoms with Crippen LogP contribution in [0.5, 0.6) is 0 Å². The van der Waals surface area contributed by atoms with Crippen LogP contribution in [0.15, 0.2) is 12.3 Å². The van der Waals surface area contributed by atoms with E-state index in [9.17, 15) is 4.79 Å². The molecule has 1 aromatic rings. The summed E-state index contributed by atoms with van der Waals surface area (Å²) in [6.45, 7) is 3.70. The van der Waals surface area contributed by atoms with Crippen molar-refractivity contribution in [1.29, 1.82) is 0 Å². The third-order valence-electron chi connectivity index (χ3n) is 2.68. The maximum absolute atomic E-state index is 11.9. The maximum atomic E-state index is 11.9. The fourth-order valence-corrected chi connectivity index (χ4v) is 2.02. The molecule has 18 heavy (non-hydrogen) atoms. The summed E-state index contributed by atoms with van der Waals surface area (Å²) in [5.41, 5.74) is 0.615. The van der Waals surface area contributed by atoms with Crippen molar-refractivity contribution >= 4 is 17.5 Å². The largest absolute Gasteiger partial charge is 0.396 e. The summed E-state index contributed by atoms with van der Waals surface area (Å²) in [7, 11) is 0. The summed E-state index contributed by atoms with van der Waals surface area (Å²) in [4.78, 5) is 11.9. The van der Waals surface area contributed by atoms with Crippen LogP contribution in [-0.2, 0) is 6.54 Å². The van der Waals surface area contributed by atoms with Gasteiger partial charge in [0.25, 0.3) is 5.91 Å². The average Bonchev–Trinajstić information content (AvgIpc) is 2.70. The Morgan fingerprint density at radius 3 is 2.89 bits per heavy atom. The van der Waals surface area contributed by atoms with Crippen molar-refractivity contribution in [1.82, 2.24) is 9.88 Å². The quantitative estimate of drug-likeness (QED) is 0.714. The third-order valence-corrected chi connectivity index (χ3v) is 2.89. The molecule has 0 aliphatic heterocycles. The van der Waals surface area contributed by atoms with Crippen LogP contribution in [0.25, 0.3) is 0 Å². The van der Waals surface area contributed by atoms with Crippen LogP contribution in [0, 0.1) is 0 Å². The number of rotatable bonds is 8. The van der Waals surface area contributed by atoms with Gasteiger partial charge in [-0.25, -0.2) is 0 Å². The fraction of sp³-hybridized carbons (Fsp3) is 0.615. The fourth-order valence-electron chi connectivity index (χ4n) is 1.80. The van der Waals surface area contributed by atoms with E-state index in [4.69, 9.17) is 16.7 Å². The Hall–Kier alpha value is -1.00. The van der Waals surface area contributed by atoms with Crippen molar-refractivity contribution in [2.45, 2.75) is 39.2 Å². The zero-order valence-electron chi connectivity index (χ0n) is 10.8. The van der Waals surface area contributed by atoms with E-state index in [0.29, 0.717) is 17.3 Å². The van der Waals surface area contributed by atoms with E-state index in [1.165, 1.54) is 0 Å². The van der Waals surface area contributed by atoms with Gasteiger partial charge in [-0.2, -0.15) is 0 Å². The highest BCUT2D eigenvalue weighted by atomic mass is 35.5. The first-order chi connectivity index (χ1) is 8.69. The molecule has 0 saturated heterocycles. The number of amides is 1. The van der Waals surface area contributed by atoms with Crippen molar-refractivity contribution in [2.24, 2.45) is 0 Å². The second-order valence-electron chi connectivity index (χ2n) is 4.28. The number of aromatic nitrogens is 1. The zero-order valence-corrected chi connectivity index (χ0v) is 11.5. The van der Waals surface area contributed by atoms with Crippen LogP contribution in [0.3, 0.4) is 0 Å². The number of carbonyl (C=O) groups excluding carboxylic acids is 1. The van der Waals surface area contributed by atoms with Gasteiger partial charge in [-0.1, -0.05) is 18.5 Å². The number of unbranched alkanes of at least 4 members (excludes halogenated alkanes) is 2. The number of halogens is 1. The second kappa shape index (κ2) is 8.16. The number of aliphatic hydroxyl groups is 1. The summed E-state index contributed by atoms with van der Waals surface area (Å²) in [6, 6.07) is 1.69. The van der Waals surface area contributed by atoms with Crippen LogP contribution in [0.4, 0.5) is 0 Å². The molecular weight excluding hydrogens is 252 g/mol. The Labute approximate surface area is 113 Å². The number of carbonyl (C=O) groups is 1. The van der Waals surface area contributed by atoms with Crippen molar-refractivity contribution in [3.63, 3.8) is 0 Å². The Balaban J connectivity index is 2.45. The molecule has 0 aromatic carbocycles. The molecule has 0 radical (unpaired) electrons. The molecule has 1 amide bonds. The van der Waals surface area contributed by atoms with E-state index >= 15 is 0 Å². The van der Waals surface area contributed by atoms with Crippen LogP contribution < -0.4 is 5.32 Å². The highest BCUT2D eigenvalue weighted by molar-refractivity contribution is 6.31. The first-order valence-corrected chi connectivity index (χ1v) is 6.81. The SMILES string of the molecule is CCCn1cc(Cl)cc1C(=O)NCCCCCO. The van der Waals surface area contributed by atoms with Gasteiger partial charge >= 0.3 is 0 Å². The molecule has 0 unspecified atom stereocenters. The number of hydrogen-bond acceptors (Lipinski definition) is 2. The first-order valence-electron chi connectivity index (χ1n) is 6.43. The molecule has 0 bridgehead atoms. The second-order valence-corrected chi connectivity index (χ2v) is 4.71. The van der Waals surface area contributed by atoms with Gasteiger partial charge < -0.3 is 15.0 Å². The maximum Gasteiger partial charge on any atom is 0.267 e. The Kier molecular flexibility index (Phi) is 6.83. The molecular formula is C13H21ClN2O2. The lowest BCUT2D eigenvalue weighted by Gasteiger charge is -2.08. The van der Waals surface area contributed by atoms with E-state index in [1.54, 1.807) is 12.3 Å². The molecule has 0 saturated carbocycles. The van der Waals surface area contributed by atoms with Gasteiger partial charge in [0.1, 0.15) is 5.69 Å². The van der Waals surface area contributed by atoms with E-state index in [-0.39, 0.29) is 12.5 Å². The monoisotopic (exact) mass is 272 g/mol. The number of aliphatic hydroxyl groups excluding tert-OH is 1. The molecule has 0 atom stereocenters.